The third kappa shape index (κ3) is 3.98. The summed E-state index contributed by atoms with van der Waals surface area (Å²) in [4.78, 5) is 15.2. The fraction of sp³-hybridized carbons (Fsp3) is 0.941. The molecule has 0 spiro atoms. The summed E-state index contributed by atoms with van der Waals surface area (Å²) in [6.07, 6.45) is 7.95. The van der Waals surface area contributed by atoms with E-state index in [4.69, 9.17) is 4.74 Å². The molecule has 1 aliphatic carbocycles. The van der Waals surface area contributed by atoms with Gasteiger partial charge in [0.2, 0.25) is 5.91 Å². The fourth-order valence-corrected chi connectivity index (χ4v) is 5.42. The summed E-state index contributed by atoms with van der Waals surface area (Å²) in [5.74, 6) is 1.47. The minimum Gasteiger partial charge on any atom is -0.381 e. The molecule has 0 aromatic heterocycles. The van der Waals surface area contributed by atoms with Gasteiger partial charge >= 0.3 is 0 Å². The Hall–Kier alpha value is -0.260. The molecule has 3 aliphatic rings. The number of thioether (sulfide) groups is 1. The number of amides is 1. The molecule has 0 aromatic rings. The van der Waals surface area contributed by atoms with Gasteiger partial charge in [-0.15, -0.1) is 0 Å². The summed E-state index contributed by atoms with van der Waals surface area (Å²) in [6, 6.07) is 1.08. The number of hydrogen-bond donors (Lipinski definition) is 1. The molecule has 2 saturated heterocycles. The van der Waals surface area contributed by atoms with E-state index in [0.717, 1.165) is 63.5 Å². The molecule has 0 bridgehead atoms. The first-order valence-corrected chi connectivity index (χ1v) is 10.1. The number of likely N-dealkylation sites (tertiary alicyclic amines) is 1. The molecule has 0 aromatic carbocycles. The SMILES string of the molecule is CCSC1CCC(NC(=O)C2CCCN2C2CCOCC2)C1. The molecule has 2 aliphatic heterocycles. The molecule has 22 heavy (non-hydrogen) atoms. The van der Waals surface area contributed by atoms with Crippen LogP contribution in [0.25, 0.3) is 0 Å². The zero-order valence-electron chi connectivity index (χ0n) is 13.8. The van der Waals surface area contributed by atoms with Gasteiger partial charge in [0.25, 0.3) is 0 Å². The number of hydrogen-bond acceptors (Lipinski definition) is 4. The smallest absolute Gasteiger partial charge is 0.237 e. The van der Waals surface area contributed by atoms with E-state index in [-0.39, 0.29) is 11.9 Å². The van der Waals surface area contributed by atoms with Crippen LogP contribution in [0.5, 0.6) is 0 Å². The van der Waals surface area contributed by atoms with Crippen molar-refractivity contribution in [3.05, 3.63) is 0 Å². The van der Waals surface area contributed by atoms with E-state index in [9.17, 15) is 4.79 Å². The van der Waals surface area contributed by atoms with E-state index in [1.807, 2.05) is 11.8 Å². The quantitative estimate of drug-likeness (QED) is 0.842. The standard InChI is InChI=1S/C17H30N2O2S/c1-2-22-15-6-5-13(12-15)18-17(20)16-4-3-9-19(16)14-7-10-21-11-8-14/h13-16H,2-12H2,1H3,(H,18,20). The van der Waals surface area contributed by atoms with E-state index in [2.05, 4.69) is 17.1 Å². The second-order valence-corrected chi connectivity index (χ2v) is 8.41. The highest BCUT2D eigenvalue weighted by atomic mass is 32.2. The summed E-state index contributed by atoms with van der Waals surface area (Å²) in [7, 11) is 0. The van der Waals surface area contributed by atoms with Crippen molar-refractivity contribution in [2.24, 2.45) is 0 Å². The molecule has 0 radical (unpaired) electrons. The molecule has 126 valence electrons. The van der Waals surface area contributed by atoms with Gasteiger partial charge in [0.05, 0.1) is 6.04 Å². The average Bonchev–Trinajstić information content (AvgIpc) is 3.18. The minimum atomic E-state index is 0.112. The zero-order valence-corrected chi connectivity index (χ0v) is 14.6. The first kappa shape index (κ1) is 16.6. The number of carbonyl (C=O) groups excluding carboxylic acids is 1. The van der Waals surface area contributed by atoms with Crippen molar-refractivity contribution in [3.63, 3.8) is 0 Å². The maximum absolute atomic E-state index is 12.7. The van der Waals surface area contributed by atoms with Gasteiger partial charge in [0.1, 0.15) is 0 Å². The normalized spacial score (nSPS) is 34.1. The molecule has 1 amide bonds. The van der Waals surface area contributed by atoms with E-state index in [0.29, 0.717) is 12.1 Å². The van der Waals surface area contributed by atoms with E-state index in [1.54, 1.807) is 0 Å². The minimum absolute atomic E-state index is 0.112. The van der Waals surface area contributed by atoms with Crippen LogP contribution in [-0.4, -0.2) is 59.7 Å². The van der Waals surface area contributed by atoms with Crippen LogP contribution in [0.4, 0.5) is 0 Å². The number of ether oxygens (including phenoxy) is 1. The largest absolute Gasteiger partial charge is 0.381 e. The number of nitrogens with zero attached hydrogens (tertiary/aromatic N) is 1. The van der Waals surface area contributed by atoms with Crippen molar-refractivity contribution in [2.45, 2.75) is 75.2 Å². The number of nitrogens with one attached hydrogen (secondary N) is 1. The van der Waals surface area contributed by atoms with Crippen LogP contribution >= 0.6 is 11.8 Å². The van der Waals surface area contributed by atoms with Crippen molar-refractivity contribution in [1.29, 1.82) is 0 Å². The topological polar surface area (TPSA) is 41.6 Å². The van der Waals surface area contributed by atoms with Gasteiger partial charge in [-0.05, 0) is 57.2 Å². The Bertz CT molecular complexity index is 374. The van der Waals surface area contributed by atoms with Gasteiger partial charge in [0.15, 0.2) is 0 Å². The molecule has 2 heterocycles. The van der Waals surface area contributed by atoms with Crippen molar-refractivity contribution in [3.8, 4) is 0 Å². The highest BCUT2D eigenvalue weighted by Gasteiger charge is 2.37. The van der Waals surface area contributed by atoms with Crippen LogP contribution < -0.4 is 5.32 Å². The molecular formula is C17H30N2O2S. The lowest BCUT2D eigenvalue weighted by Gasteiger charge is -2.35. The summed E-state index contributed by atoms with van der Waals surface area (Å²) in [6.45, 7) is 5.02. The maximum Gasteiger partial charge on any atom is 0.237 e. The van der Waals surface area contributed by atoms with Crippen LogP contribution in [0.1, 0.15) is 51.9 Å². The Kier molecular flexibility index (Phi) is 6.05. The third-order valence-electron chi connectivity index (χ3n) is 5.39. The monoisotopic (exact) mass is 326 g/mol. The zero-order chi connectivity index (χ0) is 15.4. The Balaban J connectivity index is 1.50. The van der Waals surface area contributed by atoms with Crippen molar-refractivity contribution in [1.82, 2.24) is 10.2 Å². The van der Waals surface area contributed by atoms with E-state index < -0.39 is 0 Å². The second-order valence-electron chi connectivity index (χ2n) is 6.84. The Morgan fingerprint density at radius 2 is 2.05 bits per heavy atom. The van der Waals surface area contributed by atoms with Crippen molar-refractivity contribution in [2.75, 3.05) is 25.5 Å². The fourth-order valence-electron chi connectivity index (χ4n) is 4.28. The molecule has 3 unspecified atom stereocenters. The molecule has 4 nitrogen and oxygen atoms in total. The lowest BCUT2D eigenvalue weighted by Crippen LogP contribution is -2.51. The number of carbonyl (C=O) groups is 1. The summed E-state index contributed by atoms with van der Waals surface area (Å²) < 4.78 is 5.47. The van der Waals surface area contributed by atoms with E-state index in [1.165, 1.54) is 12.2 Å². The Labute approximate surface area is 138 Å². The Morgan fingerprint density at radius 3 is 2.82 bits per heavy atom. The maximum atomic E-state index is 12.7. The predicted molar refractivity (Wildman–Crippen MR) is 91.3 cm³/mol. The molecule has 3 atom stereocenters. The van der Waals surface area contributed by atoms with Crippen LogP contribution in [0.3, 0.4) is 0 Å². The molecule has 5 heteroatoms. The number of rotatable bonds is 5. The molecular weight excluding hydrogens is 296 g/mol. The lowest BCUT2D eigenvalue weighted by molar-refractivity contribution is -0.127. The van der Waals surface area contributed by atoms with Gasteiger partial charge < -0.3 is 10.1 Å². The predicted octanol–water partition coefficient (Wildman–Crippen LogP) is 2.42. The first-order valence-electron chi connectivity index (χ1n) is 9.03. The van der Waals surface area contributed by atoms with Gasteiger partial charge in [-0.2, -0.15) is 11.8 Å². The van der Waals surface area contributed by atoms with Crippen LogP contribution in [0.2, 0.25) is 0 Å². The highest BCUT2D eigenvalue weighted by molar-refractivity contribution is 7.99. The molecule has 1 saturated carbocycles. The van der Waals surface area contributed by atoms with E-state index >= 15 is 0 Å². The highest BCUT2D eigenvalue weighted by Crippen LogP contribution is 2.30. The van der Waals surface area contributed by atoms with Crippen LogP contribution in [-0.2, 0) is 9.53 Å². The second kappa shape index (κ2) is 8.02. The summed E-state index contributed by atoms with van der Waals surface area (Å²) >= 11 is 2.05. The van der Waals surface area contributed by atoms with Crippen molar-refractivity contribution >= 4 is 17.7 Å². The van der Waals surface area contributed by atoms with Crippen molar-refractivity contribution < 1.29 is 9.53 Å². The van der Waals surface area contributed by atoms with Gasteiger partial charge in [-0.3, -0.25) is 9.69 Å². The molecule has 3 fully saturated rings. The van der Waals surface area contributed by atoms with Crippen LogP contribution in [0.15, 0.2) is 0 Å². The summed E-state index contributed by atoms with van der Waals surface area (Å²) in [5.41, 5.74) is 0. The average molecular weight is 327 g/mol. The van der Waals surface area contributed by atoms with Gasteiger partial charge in [-0.25, -0.2) is 0 Å². The van der Waals surface area contributed by atoms with Gasteiger partial charge in [0, 0.05) is 30.5 Å². The molecule has 1 N–H and O–H groups in total. The first-order chi connectivity index (χ1) is 10.8. The Morgan fingerprint density at radius 1 is 1.23 bits per heavy atom. The lowest BCUT2D eigenvalue weighted by atomic mass is 10.1. The van der Waals surface area contributed by atoms with Gasteiger partial charge in [-0.1, -0.05) is 6.92 Å². The molecule has 3 rings (SSSR count). The van der Waals surface area contributed by atoms with Crippen LogP contribution in [0, 0.1) is 0 Å². The third-order valence-corrected chi connectivity index (χ3v) is 6.62. The summed E-state index contributed by atoms with van der Waals surface area (Å²) in [5, 5.41) is 4.11.